The molecule has 0 bridgehead atoms. The van der Waals surface area contributed by atoms with Gasteiger partial charge in [0.05, 0.1) is 18.7 Å². The maximum absolute atomic E-state index is 6.30. The minimum Gasteiger partial charge on any atom is -0.497 e. The molecular formula is C20H25ClIN3O3. The quantitative estimate of drug-likeness (QED) is 0.345. The fraction of sp³-hybridized carbons (Fsp3) is 0.350. The number of hydrogen-bond acceptors (Lipinski definition) is 4. The summed E-state index contributed by atoms with van der Waals surface area (Å²) in [6.07, 6.45) is 0. The molecule has 0 aromatic heterocycles. The Bertz CT molecular complexity index is 817. The smallest absolute Gasteiger partial charge is 0.191 e. The van der Waals surface area contributed by atoms with E-state index in [1.54, 1.807) is 7.11 Å². The molecule has 2 N–H and O–H groups in total. The third-order valence-corrected chi connectivity index (χ3v) is 4.30. The number of guanidine groups is 1. The van der Waals surface area contributed by atoms with E-state index in [1.165, 1.54) is 0 Å². The molecule has 28 heavy (non-hydrogen) atoms. The highest BCUT2D eigenvalue weighted by atomic mass is 127. The number of hydrogen-bond donors (Lipinski definition) is 2. The molecule has 0 amide bonds. The van der Waals surface area contributed by atoms with Crippen LogP contribution in [0.5, 0.6) is 17.2 Å². The van der Waals surface area contributed by atoms with Gasteiger partial charge in [0.1, 0.15) is 19.0 Å². The molecule has 1 aliphatic rings. The Morgan fingerprint density at radius 3 is 2.75 bits per heavy atom. The van der Waals surface area contributed by atoms with Crippen molar-refractivity contribution < 1.29 is 14.2 Å². The van der Waals surface area contributed by atoms with Crippen molar-refractivity contribution in [3.8, 4) is 17.2 Å². The summed E-state index contributed by atoms with van der Waals surface area (Å²) < 4.78 is 16.4. The van der Waals surface area contributed by atoms with E-state index >= 15 is 0 Å². The van der Waals surface area contributed by atoms with E-state index in [2.05, 4.69) is 15.6 Å². The molecule has 0 aliphatic carbocycles. The normalized spacial score (nSPS) is 12.8. The number of rotatable bonds is 6. The monoisotopic (exact) mass is 517 g/mol. The van der Waals surface area contributed by atoms with Crippen LogP contribution < -0.4 is 24.8 Å². The van der Waals surface area contributed by atoms with Gasteiger partial charge in [0.2, 0.25) is 0 Å². The van der Waals surface area contributed by atoms with Crippen LogP contribution in [0.4, 0.5) is 0 Å². The first kappa shape index (κ1) is 22.4. The molecule has 0 saturated carbocycles. The average Bonchev–Trinajstić information content (AvgIpc) is 2.70. The molecule has 6 nitrogen and oxygen atoms in total. The summed E-state index contributed by atoms with van der Waals surface area (Å²) in [4.78, 5) is 4.64. The highest BCUT2D eigenvalue weighted by Crippen LogP contribution is 2.38. The molecule has 0 fully saturated rings. The minimum atomic E-state index is 0. The average molecular weight is 518 g/mol. The van der Waals surface area contributed by atoms with Crippen LogP contribution in [0.2, 0.25) is 5.02 Å². The first-order valence-corrected chi connectivity index (χ1v) is 9.30. The van der Waals surface area contributed by atoms with E-state index < -0.39 is 0 Å². The van der Waals surface area contributed by atoms with Crippen LogP contribution in [0.25, 0.3) is 0 Å². The van der Waals surface area contributed by atoms with Crippen molar-refractivity contribution in [2.24, 2.45) is 4.99 Å². The summed E-state index contributed by atoms with van der Waals surface area (Å²) in [5.74, 6) is 2.85. The second kappa shape index (κ2) is 11.2. The first-order valence-electron chi connectivity index (χ1n) is 8.92. The zero-order valence-corrected chi connectivity index (χ0v) is 19.0. The zero-order chi connectivity index (χ0) is 19.1. The van der Waals surface area contributed by atoms with Gasteiger partial charge in [-0.2, -0.15) is 0 Å². The lowest BCUT2D eigenvalue weighted by molar-refractivity contribution is 0.171. The number of ether oxygens (including phenoxy) is 3. The summed E-state index contributed by atoms with van der Waals surface area (Å²) in [6, 6.07) is 11.7. The van der Waals surface area contributed by atoms with Gasteiger partial charge in [-0.05, 0) is 42.3 Å². The number of nitrogens with one attached hydrogen (secondary N) is 2. The number of methoxy groups -OCH3 is 1. The molecule has 0 spiro atoms. The second-order valence-corrected chi connectivity index (χ2v) is 6.41. The van der Waals surface area contributed by atoms with Gasteiger partial charge in [-0.1, -0.05) is 23.7 Å². The Morgan fingerprint density at radius 1 is 1.14 bits per heavy atom. The molecule has 152 valence electrons. The summed E-state index contributed by atoms with van der Waals surface area (Å²) in [6.45, 7) is 4.97. The van der Waals surface area contributed by atoms with E-state index in [9.17, 15) is 0 Å². The number of fused-ring (bicyclic) bond motifs is 1. The third-order valence-electron chi connectivity index (χ3n) is 4.01. The van der Waals surface area contributed by atoms with Crippen LogP contribution in [0.1, 0.15) is 18.1 Å². The molecule has 0 saturated heterocycles. The van der Waals surface area contributed by atoms with Gasteiger partial charge in [-0.3, -0.25) is 0 Å². The summed E-state index contributed by atoms with van der Waals surface area (Å²) in [5, 5.41) is 7.13. The largest absolute Gasteiger partial charge is 0.497 e. The van der Waals surface area contributed by atoms with Gasteiger partial charge >= 0.3 is 0 Å². The number of benzene rings is 2. The standard InChI is InChI=1S/C20H24ClN3O3.HI/c1-3-22-20(23-12-14-5-4-6-16(9-14)25-2)24-13-15-10-17(21)19-18(11-15)26-7-8-27-19;/h4-6,9-11H,3,7-8,12-13H2,1-2H3,(H2,22,23,24);1H. The van der Waals surface area contributed by atoms with Crippen LogP contribution >= 0.6 is 35.6 Å². The first-order chi connectivity index (χ1) is 13.2. The maximum atomic E-state index is 6.30. The molecule has 1 aliphatic heterocycles. The van der Waals surface area contributed by atoms with Gasteiger partial charge in [-0.25, -0.2) is 4.99 Å². The highest BCUT2D eigenvalue weighted by molar-refractivity contribution is 14.0. The van der Waals surface area contributed by atoms with E-state index in [-0.39, 0.29) is 24.0 Å². The number of halogens is 2. The van der Waals surface area contributed by atoms with E-state index in [4.69, 9.17) is 25.8 Å². The van der Waals surface area contributed by atoms with Gasteiger partial charge < -0.3 is 24.8 Å². The SMILES string of the molecule is CCNC(=NCc1cc(Cl)c2c(c1)OCCO2)NCc1cccc(OC)c1.I. The lowest BCUT2D eigenvalue weighted by Crippen LogP contribution is -2.36. The Kier molecular flexibility index (Phi) is 8.98. The van der Waals surface area contributed by atoms with E-state index in [1.807, 2.05) is 43.3 Å². The maximum Gasteiger partial charge on any atom is 0.191 e. The predicted octanol–water partition coefficient (Wildman–Crippen LogP) is 3.99. The Balaban J connectivity index is 0.00000280. The summed E-state index contributed by atoms with van der Waals surface area (Å²) >= 11 is 6.30. The lowest BCUT2D eigenvalue weighted by Gasteiger charge is -2.20. The molecule has 0 atom stereocenters. The number of nitrogens with zero attached hydrogens (tertiary/aromatic N) is 1. The fourth-order valence-corrected chi connectivity index (χ4v) is 3.02. The third kappa shape index (κ3) is 6.07. The summed E-state index contributed by atoms with van der Waals surface area (Å²) in [7, 11) is 1.66. The minimum absolute atomic E-state index is 0. The predicted molar refractivity (Wildman–Crippen MR) is 123 cm³/mol. The molecule has 0 unspecified atom stereocenters. The van der Waals surface area contributed by atoms with Crippen molar-refractivity contribution in [1.29, 1.82) is 0 Å². The van der Waals surface area contributed by atoms with Crippen molar-refractivity contribution >= 4 is 41.5 Å². The van der Waals surface area contributed by atoms with Crippen molar-refractivity contribution in [1.82, 2.24) is 10.6 Å². The lowest BCUT2D eigenvalue weighted by atomic mass is 10.2. The van der Waals surface area contributed by atoms with Gasteiger partial charge in [0.15, 0.2) is 17.5 Å². The van der Waals surface area contributed by atoms with Crippen LogP contribution in [0.3, 0.4) is 0 Å². The molecule has 2 aromatic carbocycles. The topological polar surface area (TPSA) is 64.1 Å². The van der Waals surface area contributed by atoms with Crippen molar-refractivity contribution in [2.75, 3.05) is 26.9 Å². The second-order valence-electron chi connectivity index (χ2n) is 6.00. The molecular weight excluding hydrogens is 493 g/mol. The van der Waals surface area contributed by atoms with Crippen LogP contribution in [-0.2, 0) is 13.1 Å². The van der Waals surface area contributed by atoms with E-state index in [0.717, 1.165) is 29.4 Å². The Labute approximate surface area is 187 Å². The molecule has 0 radical (unpaired) electrons. The Hall–Kier alpha value is -1.87. The molecule has 2 aromatic rings. The number of aliphatic imine (C=N–C) groups is 1. The molecule has 8 heteroatoms. The van der Waals surface area contributed by atoms with E-state index in [0.29, 0.717) is 42.8 Å². The van der Waals surface area contributed by atoms with Crippen molar-refractivity contribution in [3.05, 3.63) is 52.5 Å². The van der Waals surface area contributed by atoms with Gasteiger partial charge in [-0.15, -0.1) is 24.0 Å². The van der Waals surface area contributed by atoms with Gasteiger partial charge in [0.25, 0.3) is 0 Å². The fourth-order valence-electron chi connectivity index (χ4n) is 2.74. The zero-order valence-electron chi connectivity index (χ0n) is 16.0. The van der Waals surface area contributed by atoms with Crippen LogP contribution in [-0.4, -0.2) is 32.8 Å². The van der Waals surface area contributed by atoms with Crippen LogP contribution in [0, 0.1) is 0 Å². The van der Waals surface area contributed by atoms with Crippen molar-refractivity contribution in [3.63, 3.8) is 0 Å². The van der Waals surface area contributed by atoms with Crippen molar-refractivity contribution in [2.45, 2.75) is 20.0 Å². The summed E-state index contributed by atoms with van der Waals surface area (Å²) in [5.41, 5.74) is 2.07. The molecule has 3 rings (SSSR count). The Morgan fingerprint density at radius 2 is 1.96 bits per heavy atom. The molecule has 1 heterocycles. The van der Waals surface area contributed by atoms with Crippen LogP contribution in [0.15, 0.2) is 41.4 Å². The highest BCUT2D eigenvalue weighted by Gasteiger charge is 2.16. The van der Waals surface area contributed by atoms with Gasteiger partial charge in [0, 0.05) is 13.1 Å².